The van der Waals surface area contributed by atoms with Crippen LogP contribution in [0.3, 0.4) is 0 Å². The first-order chi connectivity index (χ1) is 8.20. The molecule has 0 unspecified atom stereocenters. The van der Waals surface area contributed by atoms with Crippen LogP contribution in [0.15, 0.2) is 46.1 Å². The summed E-state index contributed by atoms with van der Waals surface area (Å²) in [6.07, 6.45) is 1.41. The Bertz CT molecular complexity index is 692. The monoisotopic (exact) mass is 227 g/mol. The van der Waals surface area contributed by atoms with E-state index in [4.69, 9.17) is 5.26 Å². The van der Waals surface area contributed by atoms with E-state index in [9.17, 15) is 9.59 Å². The quantitative estimate of drug-likeness (QED) is 0.809. The van der Waals surface area contributed by atoms with Crippen LogP contribution >= 0.6 is 0 Å². The van der Waals surface area contributed by atoms with Crippen molar-refractivity contribution in [2.75, 3.05) is 0 Å². The third kappa shape index (κ3) is 2.32. The van der Waals surface area contributed by atoms with E-state index in [0.29, 0.717) is 5.56 Å². The Hall–Kier alpha value is -2.61. The normalized spacial score (nSPS) is 9.82. The number of hydrogen-bond acceptors (Lipinski definition) is 3. The minimum atomic E-state index is -0.481. The number of nitrogens with zero attached hydrogens (tertiary/aromatic N) is 2. The summed E-state index contributed by atoms with van der Waals surface area (Å²) in [4.78, 5) is 24.5. The molecule has 0 fully saturated rings. The Morgan fingerprint density at radius 2 is 2.00 bits per heavy atom. The summed E-state index contributed by atoms with van der Waals surface area (Å²) in [5, 5.41) is 8.91. The van der Waals surface area contributed by atoms with Gasteiger partial charge < -0.3 is 0 Å². The third-order valence-corrected chi connectivity index (χ3v) is 2.38. The first kappa shape index (κ1) is 10.9. The summed E-state index contributed by atoms with van der Waals surface area (Å²) in [5.41, 5.74) is 0.347. The van der Waals surface area contributed by atoms with Gasteiger partial charge >= 0.3 is 5.69 Å². The van der Waals surface area contributed by atoms with Crippen molar-refractivity contribution in [1.82, 2.24) is 9.55 Å². The standard InChI is InChI=1S/C12H9N3O2/c13-7-9-3-1-2-4-10(9)8-15-6-5-11(16)14-12(15)17/h1-6H,8H2,(H,14,16,17). The number of rotatable bonds is 2. The van der Waals surface area contributed by atoms with Gasteiger partial charge in [0.25, 0.3) is 5.56 Å². The fraction of sp³-hybridized carbons (Fsp3) is 0.0833. The highest BCUT2D eigenvalue weighted by atomic mass is 16.2. The van der Waals surface area contributed by atoms with Gasteiger partial charge in [-0.1, -0.05) is 18.2 Å². The van der Waals surface area contributed by atoms with Gasteiger partial charge in [-0.2, -0.15) is 5.26 Å². The predicted molar refractivity (Wildman–Crippen MR) is 61.6 cm³/mol. The van der Waals surface area contributed by atoms with Crippen molar-refractivity contribution >= 4 is 0 Å². The molecule has 5 nitrogen and oxygen atoms in total. The molecule has 0 saturated carbocycles. The van der Waals surface area contributed by atoms with Gasteiger partial charge in [-0.3, -0.25) is 14.3 Å². The zero-order chi connectivity index (χ0) is 12.3. The van der Waals surface area contributed by atoms with E-state index in [2.05, 4.69) is 11.1 Å². The molecule has 1 aromatic carbocycles. The van der Waals surface area contributed by atoms with Gasteiger partial charge in [-0.05, 0) is 11.6 Å². The molecule has 2 rings (SSSR count). The second-order valence-corrected chi connectivity index (χ2v) is 3.51. The van der Waals surface area contributed by atoms with Crippen LogP contribution in [-0.2, 0) is 6.54 Å². The topological polar surface area (TPSA) is 78.7 Å². The van der Waals surface area contributed by atoms with Crippen LogP contribution in [0.2, 0.25) is 0 Å². The molecule has 0 amide bonds. The molecule has 0 aliphatic carbocycles. The van der Waals surface area contributed by atoms with E-state index in [1.807, 2.05) is 0 Å². The summed E-state index contributed by atoms with van der Waals surface area (Å²) < 4.78 is 1.34. The van der Waals surface area contributed by atoms with Crippen LogP contribution < -0.4 is 11.2 Å². The van der Waals surface area contributed by atoms with Crippen molar-refractivity contribution in [2.45, 2.75) is 6.54 Å². The van der Waals surface area contributed by atoms with E-state index in [1.54, 1.807) is 24.3 Å². The van der Waals surface area contributed by atoms with Gasteiger partial charge in [-0.25, -0.2) is 4.79 Å². The Balaban J connectivity index is 2.42. The van der Waals surface area contributed by atoms with Crippen LogP contribution in [0.5, 0.6) is 0 Å². The smallest absolute Gasteiger partial charge is 0.296 e. The number of aromatic amines is 1. The summed E-state index contributed by atoms with van der Waals surface area (Å²) in [6, 6.07) is 10.4. The average Bonchev–Trinajstić information content (AvgIpc) is 2.33. The van der Waals surface area contributed by atoms with Gasteiger partial charge in [0, 0.05) is 12.3 Å². The largest absolute Gasteiger partial charge is 0.328 e. The fourth-order valence-electron chi connectivity index (χ4n) is 1.52. The summed E-state index contributed by atoms with van der Waals surface area (Å²) >= 11 is 0. The molecule has 0 radical (unpaired) electrons. The van der Waals surface area contributed by atoms with Gasteiger partial charge in [0.05, 0.1) is 18.2 Å². The van der Waals surface area contributed by atoms with Crippen molar-refractivity contribution in [2.24, 2.45) is 0 Å². The Kier molecular flexibility index (Phi) is 2.88. The number of nitriles is 1. The van der Waals surface area contributed by atoms with Gasteiger partial charge in [0.1, 0.15) is 0 Å². The van der Waals surface area contributed by atoms with Crippen molar-refractivity contribution in [3.8, 4) is 6.07 Å². The second-order valence-electron chi connectivity index (χ2n) is 3.51. The molecule has 0 aliphatic heterocycles. The third-order valence-electron chi connectivity index (χ3n) is 2.38. The first-order valence-electron chi connectivity index (χ1n) is 4.98. The molecular weight excluding hydrogens is 218 g/mol. The van der Waals surface area contributed by atoms with Crippen LogP contribution in [0.4, 0.5) is 0 Å². The van der Waals surface area contributed by atoms with E-state index < -0.39 is 11.2 Å². The number of benzene rings is 1. The summed E-state index contributed by atoms with van der Waals surface area (Å²) in [6.45, 7) is 0.263. The molecule has 1 N–H and O–H groups in total. The highest BCUT2D eigenvalue weighted by molar-refractivity contribution is 5.37. The van der Waals surface area contributed by atoms with E-state index in [1.165, 1.54) is 16.8 Å². The lowest BCUT2D eigenvalue weighted by Gasteiger charge is -2.05. The number of nitrogens with one attached hydrogen (secondary N) is 1. The van der Waals surface area contributed by atoms with E-state index in [-0.39, 0.29) is 6.54 Å². The number of hydrogen-bond donors (Lipinski definition) is 1. The van der Waals surface area contributed by atoms with Gasteiger partial charge in [-0.15, -0.1) is 0 Å². The van der Waals surface area contributed by atoms with E-state index >= 15 is 0 Å². The Labute approximate surface area is 96.6 Å². The molecular formula is C12H9N3O2. The summed E-state index contributed by atoms with van der Waals surface area (Å²) in [5.74, 6) is 0. The van der Waals surface area contributed by atoms with Crippen molar-refractivity contribution in [3.05, 3.63) is 68.5 Å². The number of aromatic nitrogens is 2. The fourth-order valence-corrected chi connectivity index (χ4v) is 1.52. The van der Waals surface area contributed by atoms with E-state index in [0.717, 1.165) is 5.56 Å². The Morgan fingerprint density at radius 1 is 1.24 bits per heavy atom. The maximum absolute atomic E-state index is 11.5. The molecule has 1 aromatic heterocycles. The van der Waals surface area contributed by atoms with Crippen molar-refractivity contribution in [3.63, 3.8) is 0 Å². The first-order valence-corrected chi connectivity index (χ1v) is 4.98. The maximum atomic E-state index is 11.5. The van der Waals surface area contributed by atoms with Crippen LogP contribution in [0.25, 0.3) is 0 Å². The zero-order valence-electron chi connectivity index (χ0n) is 8.88. The minimum absolute atomic E-state index is 0.263. The molecule has 2 aromatic rings. The molecule has 17 heavy (non-hydrogen) atoms. The molecule has 0 saturated heterocycles. The van der Waals surface area contributed by atoms with Crippen molar-refractivity contribution < 1.29 is 0 Å². The lowest BCUT2D eigenvalue weighted by Crippen LogP contribution is -2.29. The SMILES string of the molecule is N#Cc1ccccc1Cn1ccc(=O)[nH]c1=O. The molecule has 0 aliphatic rings. The lowest BCUT2D eigenvalue weighted by molar-refractivity contribution is 0.719. The summed E-state index contributed by atoms with van der Waals surface area (Å²) in [7, 11) is 0. The zero-order valence-corrected chi connectivity index (χ0v) is 8.88. The van der Waals surface area contributed by atoms with Crippen molar-refractivity contribution in [1.29, 1.82) is 5.26 Å². The lowest BCUT2D eigenvalue weighted by atomic mass is 10.1. The Morgan fingerprint density at radius 3 is 2.71 bits per heavy atom. The maximum Gasteiger partial charge on any atom is 0.328 e. The molecule has 0 spiro atoms. The number of H-pyrrole nitrogens is 1. The molecule has 1 heterocycles. The van der Waals surface area contributed by atoms with Crippen LogP contribution in [0, 0.1) is 11.3 Å². The van der Waals surface area contributed by atoms with Gasteiger partial charge in [0.2, 0.25) is 0 Å². The molecule has 5 heteroatoms. The average molecular weight is 227 g/mol. The highest BCUT2D eigenvalue weighted by Gasteiger charge is 2.03. The highest BCUT2D eigenvalue weighted by Crippen LogP contribution is 2.07. The van der Waals surface area contributed by atoms with Crippen LogP contribution in [-0.4, -0.2) is 9.55 Å². The van der Waals surface area contributed by atoms with Crippen LogP contribution in [0.1, 0.15) is 11.1 Å². The molecule has 0 bridgehead atoms. The second kappa shape index (κ2) is 4.49. The molecule has 0 atom stereocenters. The minimum Gasteiger partial charge on any atom is -0.296 e. The predicted octanol–water partition coefficient (Wildman–Crippen LogP) is 0.457. The van der Waals surface area contributed by atoms with Gasteiger partial charge in [0.15, 0.2) is 0 Å². The molecule has 84 valence electrons.